The van der Waals surface area contributed by atoms with Crippen molar-refractivity contribution in [1.29, 1.82) is 0 Å². The molecule has 0 bridgehead atoms. The molecule has 0 aromatic heterocycles. The molecular formula is C10H10O2S. The standard InChI is InChI=1S/C9H8O2.CH2S/c10-8-5-6-11-9-4-2-1-3-7(8)9;1-2/h1-4H,5-6H2;1H2. The zero-order chi connectivity index (χ0) is 9.68. The zero-order valence-electron chi connectivity index (χ0n) is 7.16. The van der Waals surface area contributed by atoms with Crippen molar-refractivity contribution >= 4 is 23.9 Å². The summed E-state index contributed by atoms with van der Waals surface area (Å²) in [5.74, 6) is 3.75. The lowest BCUT2D eigenvalue weighted by Gasteiger charge is -2.14. The first-order valence-electron chi connectivity index (χ1n) is 3.92. The van der Waals surface area contributed by atoms with Crippen molar-refractivity contribution in [2.75, 3.05) is 6.61 Å². The minimum atomic E-state index is 0.187. The van der Waals surface area contributed by atoms with Crippen LogP contribution in [0.1, 0.15) is 16.8 Å². The molecule has 1 heterocycles. The van der Waals surface area contributed by atoms with Crippen LogP contribution in [0.25, 0.3) is 0 Å². The second kappa shape index (κ2) is 4.72. The van der Waals surface area contributed by atoms with E-state index in [4.69, 9.17) is 4.74 Å². The normalized spacial score (nSPS) is 13.4. The summed E-state index contributed by atoms with van der Waals surface area (Å²) in [6.45, 7) is 0.524. The molecule has 0 atom stereocenters. The molecular weight excluding hydrogens is 184 g/mol. The third-order valence-electron chi connectivity index (χ3n) is 1.77. The Labute approximate surface area is 82.5 Å². The van der Waals surface area contributed by atoms with E-state index in [1.165, 1.54) is 0 Å². The lowest BCUT2D eigenvalue weighted by Crippen LogP contribution is -2.14. The van der Waals surface area contributed by atoms with Crippen molar-refractivity contribution in [3.05, 3.63) is 29.8 Å². The summed E-state index contributed by atoms with van der Waals surface area (Å²) < 4.78 is 5.27. The molecule has 0 fully saturated rings. The molecule has 0 saturated carbocycles. The molecule has 68 valence electrons. The first-order valence-corrected chi connectivity index (χ1v) is 4.49. The van der Waals surface area contributed by atoms with Crippen molar-refractivity contribution in [3.63, 3.8) is 0 Å². The maximum Gasteiger partial charge on any atom is 0.169 e. The van der Waals surface area contributed by atoms with Crippen molar-refractivity contribution in [1.82, 2.24) is 0 Å². The number of para-hydroxylation sites is 1. The van der Waals surface area contributed by atoms with Gasteiger partial charge in [0.15, 0.2) is 5.78 Å². The quantitative estimate of drug-likeness (QED) is 0.593. The van der Waals surface area contributed by atoms with Crippen LogP contribution in [-0.2, 0) is 0 Å². The smallest absolute Gasteiger partial charge is 0.169 e. The zero-order valence-corrected chi connectivity index (χ0v) is 7.97. The van der Waals surface area contributed by atoms with Crippen LogP contribution in [0.5, 0.6) is 5.75 Å². The molecule has 0 N–H and O–H groups in total. The number of thiocarbonyl (C=S) groups is 1. The lowest BCUT2D eigenvalue weighted by molar-refractivity contribution is 0.0933. The number of ether oxygens (including phenoxy) is 1. The predicted molar refractivity (Wildman–Crippen MR) is 55.6 cm³/mol. The van der Waals surface area contributed by atoms with Crippen LogP contribution in [-0.4, -0.2) is 18.3 Å². The summed E-state index contributed by atoms with van der Waals surface area (Å²) in [7, 11) is 0. The Morgan fingerprint density at radius 1 is 1.31 bits per heavy atom. The number of hydrogen-bond acceptors (Lipinski definition) is 3. The van der Waals surface area contributed by atoms with Gasteiger partial charge in [-0.3, -0.25) is 4.79 Å². The molecule has 2 rings (SSSR count). The number of carbonyl (C=O) groups is 1. The van der Waals surface area contributed by atoms with Crippen LogP contribution in [0.3, 0.4) is 0 Å². The Kier molecular flexibility index (Phi) is 3.58. The van der Waals surface area contributed by atoms with E-state index in [-0.39, 0.29) is 5.78 Å². The average Bonchev–Trinajstić information content (AvgIpc) is 2.22. The van der Waals surface area contributed by atoms with Crippen molar-refractivity contribution in [2.24, 2.45) is 0 Å². The summed E-state index contributed by atoms with van der Waals surface area (Å²) in [5.41, 5.74) is 0.721. The van der Waals surface area contributed by atoms with E-state index in [2.05, 4.69) is 18.1 Å². The first-order chi connectivity index (χ1) is 6.38. The van der Waals surface area contributed by atoms with Gasteiger partial charge >= 0.3 is 0 Å². The van der Waals surface area contributed by atoms with Gasteiger partial charge in [-0.05, 0) is 18.0 Å². The molecule has 0 saturated heterocycles. The third-order valence-corrected chi connectivity index (χ3v) is 1.77. The molecule has 2 nitrogen and oxygen atoms in total. The van der Waals surface area contributed by atoms with Crippen molar-refractivity contribution in [2.45, 2.75) is 6.42 Å². The van der Waals surface area contributed by atoms with Gasteiger partial charge < -0.3 is 4.74 Å². The average molecular weight is 194 g/mol. The number of rotatable bonds is 0. The van der Waals surface area contributed by atoms with Crippen LogP contribution < -0.4 is 4.74 Å². The van der Waals surface area contributed by atoms with Gasteiger partial charge in [0.1, 0.15) is 5.75 Å². The molecule has 1 aromatic carbocycles. The van der Waals surface area contributed by atoms with E-state index >= 15 is 0 Å². The number of carbonyl (C=O) groups excluding carboxylic acids is 1. The molecule has 0 unspecified atom stereocenters. The Balaban J connectivity index is 0.000000396. The molecule has 13 heavy (non-hydrogen) atoms. The molecule has 1 aliphatic rings. The highest BCUT2D eigenvalue weighted by Crippen LogP contribution is 2.23. The second-order valence-electron chi connectivity index (χ2n) is 2.52. The SMILES string of the molecule is C=S.O=C1CCOc2ccccc21. The summed E-state index contributed by atoms with van der Waals surface area (Å²) in [6, 6.07) is 7.35. The predicted octanol–water partition coefficient (Wildman–Crippen LogP) is 2.27. The van der Waals surface area contributed by atoms with Crippen LogP contribution >= 0.6 is 12.2 Å². The van der Waals surface area contributed by atoms with E-state index < -0.39 is 0 Å². The van der Waals surface area contributed by atoms with Crippen LogP contribution in [0, 0.1) is 0 Å². The van der Waals surface area contributed by atoms with Crippen molar-refractivity contribution < 1.29 is 9.53 Å². The van der Waals surface area contributed by atoms with E-state index in [1.54, 1.807) is 6.07 Å². The number of fused-ring (bicyclic) bond motifs is 1. The van der Waals surface area contributed by atoms with Gasteiger partial charge in [-0.25, -0.2) is 0 Å². The Hall–Kier alpha value is -1.22. The number of ketones is 1. The monoisotopic (exact) mass is 194 g/mol. The highest BCUT2D eigenvalue weighted by molar-refractivity contribution is 7.77. The van der Waals surface area contributed by atoms with Crippen LogP contribution in [0.2, 0.25) is 0 Å². The number of Topliss-reactive ketones (excluding diaryl/α,β-unsaturated/α-hetero) is 1. The fourth-order valence-electron chi connectivity index (χ4n) is 1.21. The molecule has 0 spiro atoms. The van der Waals surface area contributed by atoms with Gasteiger partial charge in [0.05, 0.1) is 12.2 Å². The van der Waals surface area contributed by atoms with Gasteiger partial charge in [0, 0.05) is 6.42 Å². The highest BCUT2D eigenvalue weighted by atomic mass is 32.1. The third kappa shape index (κ3) is 2.12. The van der Waals surface area contributed by atoms with Gasteiger partial charge in [-0.2, -0.15) is 0 Å². The van der Waals surface area contributed by atoms with E-state index in [0.29, 0.717) is 13.0 Å². The molecule has 0 amide bonds. The van der Waals surface area contributed by atoms with Gasteiger partial charge in [-0.15, -0.1) is 0 Å². The molecule has 0 aliphatic carbocycles. The maximum absolute atomic E-state index is 11.2. The second-order valence-corrected chi connectivity index (χ2v) is 2.52. The summed E-state index contributed by atoms with van der Waals surface area (Å²) in [5, 5.41) is 0. The topological polar surface area (TPSA) is 26.3 Å². The van der Waals surface area contributed by atoms with Crippen LogP contribution in [0.15, 0.2) is 24.3 Å². The van der Waals surface area contributed by atoms with E-state index in [9.17, 15) is 4.79 Å². The molecule has 3 heteroatoms. The largest absolute Gasteiger partial charge is 0.492 e. The Morgan fingerprint density at radius 2 is 2.00 bits per heavy atom. The fraction of sp³-hybridized carbons (Fsp3) is 0.200. The summed E-state index contributed by atoms with van der Waals surface area (Å²) in [6.07, 6.45) is 0.511. The lowest BCUT2D eigenvalue weighted by atomic mass is 10.1. The van der Waals surface area contributed by atoms with E-state index in [0.717, 1.165) is 11.3 Å². The van der Waals surface area contributed by atoms with Crippen molar-refractivity contribution in [3.8, 4) is 5.75 Å². The Morgan fingerprint density at radius 3 is 2.69 bits per heavy atom. The first kappa shape index (κ1) is 9.86. The van der Waals surface area contributed by atoms with Gasteiger partial charge in [0.2, 0.25) is 0 Å². The van der Waals surface area contributed by atoms with Crippen LogP contribution in [0.4, 0.5) is 0 Å². The molecule has 0 radical (unpaired) electrons. The summed E-state index contributed by atoms with van der Waals surface area (Å²) in [4.78, 5) is 11.2. The number of hydrogen-bond donors (Lipinski definition) is 0. The molecule has 1 aromatic rings. The fourth-order valence-corrected chi connectivity index (χ4v) is 1.21. The number of benzene rings is 1. The van der Waals surface area contributed by atoms with E-state index in [1.807, 2.05) is 18.2 Å². The minimum Gasteiger partial charge on any atom is -0.492 e. The molecule has 1 aliphatic heterocycles. The van der Waals surface area contributed by atoms with Gasteiger partial charge in [-0.1, -0.05) is 24.4 Å². The summed E-state index contributed by atoms with van der Waals surface area (Å²) >= 11 is 3.83. The maximum atomic E-state index is 11.2. The Bertz CT molecular complexity index is 310. The highest BCUT2D eigenvalue weighted by Gasteiger charge is 2.16. The minimum absolute atomic E-state index is 0.187. The van der Waals surface area contributed by atoms with Gasteiger partial charge in [0.25, 0.3) is 0 Å².